The van der Waals surface area contributed by atoms with Crippen LogP contribution in [0.25, 0.3) is 27.6 Å². The maximum absolute atomic E-state index is 5.08. The second-order valence-electron chi connectivity index (χ2n) is 10.8. The number of hydrogen-bond acceptors (Lipinski definition) is 2. The lowest BCUT2D eigenvalue weighted by molar-refractivity contribution is 0.399. The molecule has 5 rings (SSSR count). The van der Waals surface area contributed by atoms with E-state index >= 15 is 0 Å². The van der Waals surface area contributed by atoms with E-state index in [1.165, 1.54) is 22.3 Å². The summed E-state index contributed by atoms with van der Waals surface area (Å²) in [7, 11) is 0. The first-order valence-corrected chi connectivity index (χ1v) is 10.3. The maximum Gasteiger partial charge on any atom is 0.147 e. The molecule has 1 aromatic carbocycles. The van der Waals surface area contributed by atoms with Gasteiger partial charge in [0.05, 0.1) is 16.6 Å². The zero-order valence-corrected chi connectivity index (χ0v) is 18.0. The Kier molecular flexibility index (Phi) is 3.24. The molecule has 3 heteroatoms. The number of imidazole rings is 1. The minimum absolute atomic E-state index is 0.0637. The minimum atomic E-state index is 0.0637. The van der Waals surface area contributed by atoms with Crippen LogP contribution < -0.4 is 0 Å². The Bertz CT molecular complexity index is 1270. The molecule has 0 spiro atoms. The van der Waals surface area contributed by atoms with E-state index in [0.29, 0.717) is 0 Å². The molecule has 1 aliphatic rings. The summed E-state index contributed by atoms with van der Waals surface area (Å²) in [5.74, 6) is 0. The van der Waals surface area contributed by atoms with E-state index in [-0.39, 0.29) is 16.2 Å². The summed E-state index contributed by atoms with van der Waals surface area (Å²) in [6.07, 6.45) is 3.03. The molecule has 0 radical (unpaired) electrons. The quantitative estimate of drug-likeness (QED) is 0.363. The number of nitrogens with zero attached hydrogens (tertiary/aromatic N) is 3. The molecule has 3 aromatic heterocycles. The Hall–Kier alpha value is -2.42. The molecule has 3 nitrogen and oxygen atoms in total. The Labute approximate surface area is 166 Å². The fourth-order valence-corrected chi connectivity index (χ4v) is 5.52. The molecular weight excluding hydrogens is 342 g/mol. The molecule has 0 saturated heterocycles. The molecule has 3 heterocycles. The number of aromatic nitrogens is 3. The molecule has 0 saturated carbocycles. The SMILES string of the molecule is CC(C)(C)c1ccc2nc3c4cccnc4c4c(n3c2c1)C(C)(C)CC4(C)C. The molecule has 0 bridgehead atoms. The fraction of sp³-hybridized carbons (Fsp3) is 0.440. The first-order valence-electron chi connectivity index (χ1n) is 10.3. The minimum Gasteiger partial charge on any atom is -0.295 e. The predicted octanol–water partition coefficient (Wildman–Crippen LogP) is 6.29. The summed E-state index contributed by atoms with van der Waals surface area (Å²) in [6, 6.07) is 11.0. The predicted molar refractivity (Wildman–Crippen MR) is 117 cm³/mol. The number of fused-ring (bicyclic) bond motifs is 8. The van der Waals surface area contributed by atoms with E-state index in [9.17, 15) is 0 Å². The Morgan fingerprint density at radius 1 is 1.00 bits per heavy atom. The van der Waals surface area contributed by atoms with E-state index in [1.54, 1.807) is 0 Å². The zero-order valence-electron chi connectivity index (χ0n) is 18.0. The van der Waals surface area contributed by atoms with Gasteiger partial charge < -0.3 is 0 Å². The van der Waals surface area contributed by atoms with Crippen LogP contribution in [0.1, 0.15) is 71.7 Å². The van der Waals surface area contributed by atoms with E-state index in [1.807, 2.05) is 12.3 Å². The van der Waals surface area contributed by atoms with Crippen molar-refractivity contribution < 1.29 is 0 Å². The standard InChI is InChI=1S/C25H29N3/c1-23(2,3)15-10-11-17-18(13-15)28-21-19(24(4,5)14-25(21,6)7)20-16(22(28)27-17)9-8-12-26-20/h8-13H,14H2,1-7H3. The van der Waals surface area contributed by atoms with E-state index < -0.39 is 0 Å². The number of rotatable bonds is 0. The Morgan fingerprint density at radius 2 is 1.75 bits per heavy atom. The molecule has 28 heavy (non-hydrogen) atoms. The second kappa shape index (κ2) is 5.14. The van der Waals surface area contributed by atoms with Gasteiger partial charge in [-0.15, -0.1) is 0 Å². The smallest absolute Gasteiger partial charge is 0.147 e. The highest BCUT2D eigenvalue weighted by atomic mass is 15.0. The summed E-state index contributed by atoms with van der Waals surface area (Å²) in [5, 5.41) is 1.15. The van der Waals surface area contributed by atoms with Gasteiger partial charge in [0.15, 0.2) is 0 Å². The highest BCUT2D eigenvalue weighted by Gasteiger charge is 2.46. The van der Waals surface area contributed by atoms with Gasteiger partial charge in [0.25, 0.3) is 0 Å². The topological polar surface area (TPSA) is 30.2 Å². The second-order valence-corrected chi connectivity index (χ2v) is 10.8. The van der Waals surface area contributed by atoms with Crippen molar-refractivity contribution in [1.29, 1.82) is 0 Å². The molecule has 4 aromatic rings. The van der Waals surface area contributed by atoms with Crippen molar-refractivity contribution in [1.82, 2.24) is 14.4 Å². The van der Waals surface area contributed by atoms with Crippen molar-refractivity contribution in [2.24, 2.45) is 0 Å². The average Bonchev–Trinajstić information content (AvgIpc) is 3.05. The third kappa shape index (κ3) is 2.22. The summed E-state index contributed by atoms with van der Waals surface area (Å²) in [5.41, 5.74) is 8.80. The van der Waals surface area contributed by atoms with Gasteiger partial charge in [-0.2, -0.15) is 0 Å². The van der Waals surface area contributed by atoms with Gasteiger partial charge in [-0.3, -0.25) is 9.38 Å². The van der Waals surface area contributed by atoms with Crippen molar-refractivity contribution in [3.8, 4) is 0 Å². The Morgan fingerprint density at radius 3 is 2.46 bits per heavy atom. The van der Waals surface area contributed by atoms with Gasteiger partial charge in [0.2, 0.25) is 0 Å². The van der Waals surface area contributed by atoms with Crippen LogP contribution in [-0.2, 0) is 16.2 Å². The first kappa shape index (κ1) is 17.7. The molecule has 0 N–H and O–H groups in total. The van der Waals surface area contributed by atoms with Gasteiger partial charge in [-0.1, -0.05) is 54.5 Å². The fourth-order valence-electron chi connectivity index (χ4n) is 5.52. The zero-order chi connectivity index (χ0) is 20.1. The van der Waals surface area contributed by atoms with Crippen molar-refractivity contribution >= 4 is 27.6 Å². The monoisotopic (exact) mass is 371 g/mol. The van der Waals surface area contributed by atoms with Gasteiger partial charge >= 0.3 is 0 Å². The largest absolute Gasteiger partial charge is 0.295 e. The van der Waals surface area contributed by atoms with Crippen LogP contribution in [0.15, 0.2) is 36.5 Å². The van der Waals surface area contributed by atoms with Gasteiger partial charge in [-0.25, -0.2) is 4.98 Å². The summed E-state index contributed by atoms with van der Waals surface area (Å²) >= 11 is 0. The molecule has 0 aliphatic heterocycles. The molecule has 0 amide bonds. The third-order valence-corrected chi connectivity index (χ3v) is 6.47. The molecule has 0 unspecified atom stereocenters. The highest BCUT2D eigenvalue weighted by Crippen LogP contribution is 2.52. The van der Waals surface area contributed by atoms with E-state index in [4.69, 9.17) is 9.97 Å². The van der Waals surface area contributed by atoms with Crippen molar-refractivity contribution in [3.63, 3.8) is 0 Å². The van der Waals surface area contributed by atoms with Crippen LogP contribution in [0.4, 0.5) is 0 Å². The number of pyridine rings is 2. The van der Waals surface area contributed by atoms with Crippen LogP contribution in [0.5, 0.6) is 0 Å². The van der Waals surface area contributed by atoms with Crippen LogP contribution in [0.3, 0.4) is 0 Å². The molecule has 1 aliphatic carbocycles. The molecular formula is C25H29N3. The first-order chi connectivity index (χ1) is 13.0. The summed E-state index contributed by atoms with van der Waals surface area (Å²) < 4.78 is 2.44. The van der Waals surface area contributed by atoms with Crippen LogP contribution in [-0.4, -0.2) is 14.4 Å². The van der Waals surface area contributed by atoms with Crippen LogP contribution >= 0.6 is 0 Å². The highest BCUT2D eigenvalue weighted by molar-refractivity contribution is 6.00. The van der Waals surface area contributed by atoms with Crippen molar-refractivity contribution in [2.75, 3.05) is 0 Å². The lowest BCUT2D eigenvalue weighted by Crippen LogP contribution is -2.19. The van der Waals surface area contributed by atoms with Crippen LogP contribution in [0.2, 0.25) is 0 Å². The lowest BCUT2D eigenvalue weighted by atomic mass is 9.82. The molecule has 0 atom stereocenters. The average molecular weight is 372 g/mol. The summed E-state index contributed by atoms with van der Waals surface area (Å²) in [4.78, 5) is 9.92. The van der Waals surface area contributed by atoms with E-state index in [2.05, 4.69) is 77.1 Å². The van der Waals surface area contributed by atoms with Crippen LogP contribution in [0, 0.1) is 0 Å². The number of benzene rings is 1. The number of hydrogen-bond donors (Lipinski definition) is 0. The molecule has 144 valence electrons. The summed E-state index contributed by atoms with van der Waals surface area (Å²) in [6.45, 7) is 16.3. The maximum atomic E-state index is 5.08. The lowest BCUT2D eigenvalue weighted by Gasteiger charge is -2.23. The van der Waals surface area contributed by atoms with Gasteiger partial charge in [0.1, 0.15) is 5.65 Å². The van der Waals surface area contributed by atoms with Gasteiger partial charge in [-0.05, 0) is 47.1 Å². The van der Waals surface area contributed by atoms with Gasteiger partial charge in [0, 0.05) is 28.3 Å². The van der Waals surface area contributed by atoms with Crippen molar-refractivity contribution in [2.45, 2.75) is 71.1 Å². The molecule has 0 fully saturated rings. The van der Waals surface area contributed by atoms with Crippen molar-refractivity contribution in [3.05, 3.63) is 53.3 Å². The third-order valence-electron chi connectivity index (χ3n) is 6.47. The van der Waals surface area contributed by atoms with E-state index in [0.717, 1.165) is 28.5 Å². The normalized spacial score (nSPS) is 18.2. The Balaban J connectivity index is 2.07.